The van der Waals surface area contributed by atoms with Crippen molar-refractivity contribution in [2.75, 3.05) is 11.9 Å². The van der Waals surface area contributed by atoms with Crippen LogP contribution in [-0.4, -0.2) is 44.3 Å². The third-order valence-corrected chi connectivity index (χ3v) is 5.15. The van der Waals surface area contributed by atoms with Gasteiger partial charge in [0.05, 0.1) is 29.7 Å². The summed E-state index contributed by atoms with van der Waals surface area (Å²) < 4.78 is 14.4. The number of nitrogens with one attached hydrogen (secondary N) is 2. The first kappa shape index (κ1) is 19.5. The summed E-state index contributed by atoms with van der Waals surface area (Å²) >= 11 is 0. The predicted molar refractivity (Wildman–Crippen MR) is 106 cm³/mol. The van der Waals surface area contributed by atoms with Crippen LogP contribution in [0.3, 0.4) is 0 Å². The first-order valence-electron chi connectivity index (χ1n) is 9.43. The second kappa shape index (κ2) is 7.90. The maximum absolute atomic E-state index is 14.4. The maximum atomic E-state index is 14.4. The summed E-state index contributed by atoms with van der Waals surface area (Å²) in [5, 5.41) is 9.50. The van der Waals surface area contributed by atoms with Crippen molar-refractivity contribution >= 4 is 34.3 Å². The average molecular weight is 410 g/mol. The van der Waals surface area contributed by atoms with Crippen LogP contribution in [0.5, 0.6) is 0 Å². The van der Waals surface area contributed by atoms with Crippen molar-refractivity contribution in [3.05, 3.63) is 53.7 Å². The zero-order valence-corrected chi connectivity index (χ0v) is 15.9. The number of amides is 3. The van der Waals surface area contributed by atoms with Gasteiger partial charge < -0.3 is 16.0 Å². The van der Waals surface area contributed by atoms with Gasteiger partial charge in [0.1, 0.15) is 11.3 Å². The monoisotopic (exact) mass is 410 g/mol. The number of piperidine rings is 1. The number of nitrogens with zero attached hydrogens (tertiary/aromatic N) is 3. The number of hydrogen-bond acceptors (Lipinski definition) is 5. The van der Waals surface area contributed by atoms with E-state index < -0.39 is 29.6 Å². The number of carbonyl (C=O) groups excluding carboxylic acids is 3. The molecule has 1 fully saturated rings. The highest BCUT2D eigenvalue weighted by Crippen LogP contribution is 2.33. The third kappa shape index (κ3) is 3.71. The topological polar surface area (TPSA) is 134 Å². The fraction of sp³-hybridized carbons (Fsp3) is 0.250. The standard InChI is InChI=1S/C20H19FN6O3/c21-15-7-11(5-12-9-24-26-17(12)15)16-3-1-2-4-27(16)20(30)19(29)25-14-6-13(18(22)28)8-23-10-14/h5-10,16H,1-4H2,(H2,22,28)(H,24,26)(H,25,29)/t16-/m0/s1. The van der Waals surface area contributed by atoms with Crippen molar-refractivity contribution in [3.63, 3.8) is 0 Å². The van der Waals surface area contributed by atoms with Crippen LogP contribution >= 0.6 is 0 Å². The first-order chi connectivity index (χ1) is 14.4. The second-order valence-corrected chi connectivity index (χ2v) is 7.13. The minimum absolute atomic E-state index is 0.111. The van der Waals surface area contributed by atoms with Crippen molar-refractivity contribution in [1.82, 2.24) is 20.1 Å². The molecule has 0 spiro atoms. The maximum Gasteiger partial charge on any atom is 0.313 e. The number of aromatic nitrogens is 3. The molecule has 1 atom stereocenters. The fourth-order valence-corrected chi connectivity index (χ4v) is 3.71. The number of benzene rings is 1. The number of likely N-dealkylation sites (tertiary alicyclic amines) is 1. The molecule has 0 radical (unpaired) electrons. The predicted octanol–water partition coefficient (Wildman–Crippen LogP) is 1.89. The summed E-state index contributed by atoms with van der Waals surface area (Å²) in [6.07, 6.45) is 6.30. The highest BCUT2D eigenvalue weighted by Gasteiger charge is 2.32. The van der Waals surface area contributed by atoms with Gasteiger partial charge in [-0.1, -0.05) is 0 Å². The Morgan fingerprint density at radius 2 is 2.00 bits per heavy atom. The van der Waals surface area contributed by atoms with E-state index in [1.165, 1.54) is 35.6 Å². The summed E-state index contributed by atoms with van der Waals surface area (Å²) in [5.74, 6) is -2.76. The Hall–Kier alpha value is -3.82. The van der Waals surface area contributed by atoms with E-state index in [4.69, 9.17) is 5.73 Å². The molecule has 0 unspecified atom stereocenters. The van der Waals surface area contributed by atoms with Gasteiger partial charge in [-0.25, -0.2) is 4.39 Å². The molecule has 4 N–H and O–H groups in total. The molecule has 1 saturated heterocycles. The smallest absolute Gasteiger partial charge is 0.313 e. The summed E-state index contributed by atoms with van der Waals surface area (Å²) in [7, 11) is 0. The van der Waals surface area contributed by atoms with Crippen LogP contribution in [0, 0.1) is 5.82 Å². The van der Waals surface area contributed by atoms with E-state index in [0.717, 1.165) is 12.8 Å². The molecule has 4 rings (SSSR count). The van der Waals surface area contributed by atoms with Gasteiger partial charge in [-0.2, -0.15) is 5.10 Å². The van der Waals surface area contributed by atoms with E-state index in [-0.39, 0.29) is 11.3 Å². The Morgan fingerprint density at radius 1 is 1.17 bits per heavy atom. The number of anilines is 1. The molecule has 3 heterocycles. The molecule has 1 aliphatic heterocycles. The number of fused-ring (bicyclic) bond motifs is 1. The number of aromatic amines is 1. The zero-order chi connectivity index (χ0) is 21.3. The quantitative estimate of drug-likeness (QED) is 0.567. The molecule has 1 aliphatic rings. The van der Waals surface area contributed by atoms with E-state index >= 15 is 0 Å². The van der Waals surface area contributed by atoms with Crippen molar-refractivity contribution in [3.8, 4) is 0 Å². The number of hydrogen-bond donors (Lipinski definition) is 3. The Balaban J connectivity index is 1.57. The molecule has 2 aromatic heterocycles. The van der Waals surface area contributed by atoms with Crippen LogP contribution in [0.2, 0.25) is 0 Å². The summed E-state index contributed by atoms with van der Waals surface area (Å²) in [4.78, 5) is 42.0. The van der Waals surface area contributed by atoms with Crippen LogP contribution in [0.25, 0.3) is 10.9 Å². The highest BCUT2D eigenvalue weighted by molar-refractivity contribution is 6.39. The van der Waals surface area contributed by atoms with Gasteiger partial charge in [0, 0.05) is 18.1 Å². The summed E-state index contributed by atoms with van der Waals surface area (Å²) in [6.45, 7) is 0.377. The number of H-pyrrole nitrogens is 1. The van der Waals surface area contributed by atoms with Crippen LogP contribution in [0.4, 0.5) is 10.1 Å². The Bertz CT molecular complexity index is 1140. The molecule has 9 nitrogen and oxygen atoms in total. The minimum Gasteiger partial charge on any atom is -0.366 e. The molecule has 30 heavy (non-hydrogen) atoms. The zero-order valence-electron chi connectivity index (χ0n) is 15.9. The average Bonchev–Trinajstić information content (AvgIpc) is 3.22. The van der Waals surface area contributed by atoms with E-state index in [1.54, 1.807) is 6.07 Å². The van der Waals surface area contributed by atoms with Gasteiger partial charge in [-0.15, -0.1) is 0 Å². The Morgan fingerprint density at radius 3 is 2.80 bits per heavy atom. The number of primary amides is 1. The molecule has 3 aromatic rings. The molecule has 3 amide bonds. The number of nitrogens with two attached hydrogens (primary N) is 1. The molecule has 0 aliphatic carbocycles. The van der Waals surface area contributed by atoms with Crippen molar-refractivity contribution < 1.29 is 18.8 Å². The fourth-order valence-electron chi connectivity index (χ4n) is 3.71. The highest BCUT2D eigenvalue weighted by atomic mass is 19.1. The van der Waals surface area contributed by atoms with Crippen LogP contribution in [0.1, 0.15) is 41.2 Å². The van der Waals surface area contributed by atoms with Gasteiger partial charge in [0.2, 0.25) is 5.91 Å². The van der Waals surface area contributed by atoms with E-state index in [0.29, 0.717) is 29.4 Å². The normalized spacial score (nSPS) is 16.4. The van der Waals surface area contributed by atoms with Gasteiger partial charge in [-0.3, -0.25) is 24.5 Å². The van der Waals surface area contributed by atoms with Gasteiger partial charge in [0.15, 0.2) is 0 Å². The van der Waals surface area contributed by atoms with Crippen molar-refractivity contribution in [1.29, 1.82) is 0 Å². The van der Waals surface area contributed by atoms with Crippen LogP contribution in [-0.2, 0) is 9.59 Å². The van der Waals surface area contributed by atoms with Crippen molar-refractivity contribution in [2.24, 2.45) is 5.73 Å². The number of halogens is 1. The van der Waals surface area contributed by atoms with E-state index in [2.05, 4.69) is 20.5 Å². The lowest BCUT2D eigenvalue weighted by Crippen LogP contribution is -2.44. The third-order valence-electron chi connectivity index (χ3n) is 5.15. The largest absolute Gasteiger partial charge is 0.366 e. The van der Waals surface area contributed by atoms with Crippen LogP contribution < -0.4 is 11.1 Å². The van der Waals surface area contributed by atoms with Crippen molar-refractivity contribution in [2.45, 2.75) is 25.3 Å². The lowest BCUT2D eigenvalue weighted by atomic mass is 9.94. The Labute approximate surface area is 170 Å². The lowest BCUT2D eigenvalue weighted by molar-refractivity contribution is -0.145. The molecule has 154 valence electrons. The second-order valence-electron chi connectivity index (χ2n) is 7.13. The van der Waals surface area contributed by atoms with E-state index in [1.807, 2.05) is 0 Å². The van der Waals surface area contributed by atoms with Gasteiger partial charge in [-0.05, 0) is 43.0 Å². The van der Waals surface area contributed by atoms with E-state index in [9.17, 15) is 18.8 Å². The molecular weight excluding hydrogens is 391 g/mol. The molecule has 0 saturated carbocycles. The Kier molecular flexibility index (Phi) is 5.13. The summed E-state index contributed by atoms with van der Waals surface area (Å²) in [5.41, 5.74) is 6.42. The molecule has 10 heteroatoms. The number of pyridine rings is 1. The molecular formula is C20H19FN6O3. The minimum atomic E-state index is -0.866. The molecule has 1 aromatic carbocycles. The summed E-state index contributed by atoms with van der Waals surface area (Å²) in [6, 6.07) is 4.06. The number of carbonyl (C=O) groups is 3. The first-order valence-corrected chi connectivity index (χ1v) is 9.43. The van der Waals surface area contributed by atoms with Gasteiger partial charge >= 0.3 is 11.8 Å². The van der Waals surface area contributed by atoms with Gasteiger partial charge in [0.25, 0.3) is 0 Å². The van der Waals surface area contributed by atoms with Crippen LogP contribution in [0.15, 0.2) is 36.8 Å². The molecule has 0 bridgehead atoms. The SMILES string of the molecule is NC(=O)c1cncc(NC(=O)C(=O)N2CCCC[C@H]2c2cc(F)c3[nH]ncc3c2)c1. The lowest BCUT2D eigenvalue weighted by Gasteiger charge is -2.35. The number of rotatable bonds is 3.